The number of esters is 1. The molecule has 3 rings (SSSR count). The summed E-state index contributed by atoms with van der Waals surface area (Å²) in [4.78, 5) is 28.4. The number of benzene rings is 1. The van der Waals surface area contributed by atoms with Crippen LogP contribution >= 0.6 is 11.3 Å². The third-order valence-corrected chi connectivity index (χ3v) is 4.35. The third kappa shape index (κ3) is 4.83. The monoisotopic (exact) mass is 397 g/mol. The van der Waals surface area contributed by atoms with Crippen molar-refractivity contribution in [3.8, 4) is 5.69 Å². The summed E-state index contributed by atoms with van der Waals surface area (Å²) in [6.07, 6.45) is 1.69. The first-order valence-electron chi connectivity index (χ1n) is 8.46. The number of thiazole rings is 1. The quantitative estimate of drug-likeness (QED) is 0.448. The van der Waals surface area contributed by atoms with Crippen LogP contribution in [-0.4, -0.2) is 39.8 Å². The number of carbonyl (C=O) groups excluding carboxylic acids is 2. The van der Waals surface area contributed by atoms with Gasteiger partial charge in [0.15, 0.2) is 17.4 Å². The molecule has 0 aliphatic rings. The van der Waals surface area contributed by atoms with E-state index in [-0.39, 0.29) is 5.69 Å². The maximum absolute atomic E-state index is 12.2. The minimum atomic E-state index is -0.661. The summed E-state index contributed by atoms with van der Waals surface area (Å²) >= 11 is 1.27. The molecule has 0 saturated carbocycles. The van der Waals surface area contributed by atoms with Crippen molar-refractivity contribution in [2.45, 2.75) is 6.92 Å². The first-order chi connectivity index (χ1) is 13.6. The fraction of sp³-hybridized carbons (Fsp3) is 0.158. The van der Waals surface area contributed by atoms with E-state index in [9.17, 15) is 9.59 Å². The zero-order valence-electron chi connectivity index (χ0n) is 15.2. The maximum Gasteiger partial charge on any atom is 0.358 e. The van der Waals surface area contributed by atoms with Crippen LogP contribution < -0.4 is 10.6 Å². The molecule has 0 spiro atoms. The van der Waals surface area contributed by atoms with Crippen LogP contribution in [0.3, 0.4) is 0 Å². The summed E-state index contributed by atoms with van der Waals surface area (Å²) < 4.78 is 6.67. The molecule has 8 nitrogen and oxygen atoms in total. The van der Waals surface area contributed by atoms with Gasteiger partial charge in [-0.25, -0.2) is 14.5 Å². The molecule has 0 radical (unpaired) electrons. The van der Waals surface area contributed by atoms with E-state index in [0.29, 0.717) is 17.5 Å². The van der Waals surface area contributed by atoms with Crippen molar-refractivity contribution >= 4 is 34.2 Å². The number of rotatable bonds is 8. The molecule has 0 fully saturated rings. The van der Waals surface area contributed by atoms with E-state index in [1.54, 1.807) is 22.2 Å². The molecular weight excluding hydrogens is 378 g/mol. The lowest BCUT2D eigenvalue weighted by atomic mass is 10.3. The topological polar surface area (TPSA) is 98.1 Å². The number of hydrogen-bond donors (Lipinski definition) is 2. The highest BCUT2D eigenvalue weighted by Gasteiger charge is 2.16. The minimum absolute atomic E-state index is 0.148. The normalized spacial score (nSPS) is 10.3. The molecule has 28 heavy (non-hydrogen) atoms. The lowest BCUT2D eigenvalue weighted by Gasteiger charge is -2.09. The van der Waals surface area contributed by atoms with Crippen LogP contribution in [0.5, 0.6) is 0 Å². The van der Waals surface area contributed by atoms with Gasteiger partial charge < -0.3 is 15.4 Å². The van der Waals surface area contributed by atoms with Gasteiger partial charge in [-0.3, -0.25) is 4.79 Å². The van der Waals surface area contributed by atoms with Crippen molar-refractivity contribution in [1.82, 2.24) is 14.8 Å². The summed E-state index contributed by atoms with van der Waals surface area (Å²) in [6.45, 7) is 5.54. The summed E-state index contributed by atoms with van der Waals surface area (Å²) in [5.41, 5.74) is 1.71. The Balaban J connectivity index is 1.58. The number of anilines is 2. The molecule has 1 amide bonds. The molecule has 3 aromatic rings. The van der Waals surface area contributed by atoms with Gasteiger partial charge in [-0.05, 0) is 19.1 Å². The molecule has 0 aliphatic carbocycles. The summed E-state index contributed by atoms with van der Waals surface area (Å²) in [7, 11) is 0. The zero-order valence-corrected chi connectivity index (χ0v) is 16.0. The van der Waals surface area contributed by atoms with Crippen LogP contribution in [0.1, 0.15) is 16.2 Å². The van der Waals surface area contributed by atoms with Crippen LogP contribution in [0, 0.1) is 6.92 Å². The molecule has 1 aromatic carbocycles. The maximum atomic E-state index is 12.2. The van der Waals surface area contributed by atoms with E-state index in [2.05, 4.69) is 27.3 Å². The van der Waals surface area contributed by atoms with Gasteiger partial charge in [0.05, 0.1) is 11.4 Å². The van der Waals surface area contributed by atoms with Crippen molar-refractivity contribution < 1.29 is 14.3 Å². The van der Waals surface area contributed by atoms with Crippen molar-refractivity contribution in [3.63, 3.8) is 0 Å². The Morgan fingerprint density at radius 2 is 2.11 bits per heavy atom. The second-order valence-electron chi connectivity index (χ2n) is 5.75. The lowest BCUT2D eigenvalue weighted by Crippen LogP contribution is -2.22. The van der Waals surface area contributed by atoms with E-state index < -0.39 is 18.5 Å². The van der Waals surface area contributed by atoms with E-state index in [4.69, 9.17) is 4.74 Å². The Hall–Kier alpha value is -3.46. The Labute approximate surface area is 165 Å². The average molecular weight is 397 g/mol. The Bertz CT molecular complexity index is 981. The number of aromatic nitrogens is 3. The number of carbonyl (C=O) groups is 2. The molecule has 9 heteroatoms. The van der Waals surface area contributed by atoms with Gasteiger partial charge in [-0.2, -0.15) is 5.10 Å². The van der Waals surface area contributed by atoms with Gasteiger partial charge in [0.1, 0.15) is 5.82 Å². The van der Waals surface area contributed by atoms with Crippen LogP contribution in [-0.2, 0) is 9.53 Å². The first-order valence-corrected chi connectivity index (χ1v) is 9.34. The Morgan fingerprint density at radius 1 is 1.32 bits per heavy atom. The second-order valence-corrected chi connectivity index (χ2v) is 6.61. The number of ether oxygens (including phenoxy) is 1. The predicted octanol–water partition coefficient (Wildman–Crippen LogP) is 3.03. The third-order valence-electron chi connectivity index (χ3n) is 3.55. The largest absolute Gasteiger partial charge is 0.451 e. The van der Waals surface area contributed by atoms with Crippen LogP contribution in [0.15, 0.2) is 54.4 Å². The van der Waals surface area contributed by atoms with Gasteiger partial charge in [0.25, 0.3) is 5.91 Å². The highest BCUT2D eigenvalue weighted by atomic mass is 32.1. The van der Waals surface area contributed by atoms with Crippen molar-refractivity contribution in [2.24, 2.45) is 0 Å². The molecule has 0 aliphatic heterocycles. The fourth-order valence-electron chi connectivity index (χ4n) is 2.35. The summed E-state index contributed by atoms with van der Waals surface area (Å²) in [5, 5.41) is 12.2. The van der Waals surface area contributed by atoms with Gasteiger partial charge in [0.2, 0.25) is 0 Å². The summed E-state index contributed by atoms with van der Waals surface area (Å²) in [5.74, 6) is -0.634. The highest BCUT2D eigenvalue weighted by Crippen LogP contribution is 2.17. The second kappa shape index (κ2) is 8.96. The van der Waals surface area contributed by atoms with E-state index in [0.717, 1.165) is 11.4 Å². The molecule has 0 saturated heterocycles. The van der Waals surface area contributed by atoms with E-state index >= 15 is 0 Å². The standard InChI is InChI=1S/C19H19N5O3S/c1-3-9-20-19-21-15(12-28-19)18(26)27-11-17(25)22-16-10-13(2)23-24(16)14-7-5-4-6-8-14/h3-8,10,12H,1,9,11H2,2H3,(H,20,21)(H,22,25). The summed E-state index contributed by atoms with van der Waals surface area (Å²) in [6, 6.07) is 11.2. The molecule has 2 aromatic heterocycles. The van der Waals surface area contributed by atoms with Crippen LogP contribution in [0.4, 0.5) is 10.9 Å². The Kier molecular flexibility index (Phi) is 6.18. The van der Waals surface area contributed by atoms with Crippen molar-refractivity contribution in [1.29, 1.82) is 0 Å². The van der Waals surface area contributed by atoms with E-state index in [1.165, 1.54) is 11.3 Å². The molecule has 0 unspecified atom stereocenters. The minimum Gasteiger partial charge on any atom is -0.451 e. The highest BCUT2D eigenvalue weighted by molar-refractivity contribution is 7.13. The molecule has 2 N–H and O–H groups in total. The fourth-order valence-corrected chi connectivity index (χ4v) is 3.04. The number of nitrogens with one attached hydrogen (secondary N) is 2. The zero-order chi connectivity index (χ0) is 19.9. The predicted molar refractivity (Wildman–Crippen MR) is 108 cm³/mol. The molecule has 144 valence electrons. The molecular formula is C19H19N5O3S. The van der Waals surface area contributed by atoms with Gasteiger partial charge in [0, 0.05) is 18.0 Å². The molecule has 2 heterocycles. The number of hydrogen-bond acceptors (Lipinski definition) is 7. The number of nitrogens with zero attached hydrogens (tertiary/aromatic N) is 3. The van der Waals surface area contributed by atoms with Crippen molar-refractivity contribution in [2.75, 3.05) is 23.8 Å². The average Bonchev–Trinajstić information content (AvgIpc) is 3.32. The first kappa shape index (κ1) is 19.3. The number of aryl methyl sites for hydroxylation is 1. The smallest absolute Gasteiger partial charge is 0.358 e. The van der Waals surface area contributed by atoms with E-state index in [1.807, 2.05) is 37.3 Å². The molecule has 0 bridgehead atoms. The molecule has 0 atom stereocenters. The number of para-hydroxylation sites is 1. The SMILES string of the molecule is C=CCNc1nc(C(=O)OCC(=O)Nc2cc(C)nn2-c2ccccc2)cs1. The Morgan fingerprint density at radius 3 is 2.86 bits per heavy atom. The lowest BCUT2D eigenvalue weighted by molar-refractivity contribution is -0.119. The van der Waals surface area contributed by atoms with Crippen LogP contribution in [0.25, 0.3) is 5.69 Å². The van der Waals surface area contributed by atoms with Crippen molar-refractivity contribution in [3.05, 3.63) is 65.8 Å². The van der Waals surface area contributed by atoms with Gasteiger partial charge in [-0.1, -0.05) is 24.3 Å². The van der Waals surface area contributed by atoms with Gasteiger partial charge in [-0.15, -0.1) is 17.9 Å². The van der Waals surface area contributed by atoms with Gasteiger partial charge >= 0.3 is 5.97 Å². The number of amides is 1. The van der Waals surface area contributed by atoms with Crippen LogP contribution in [0.2, 0.25) is 0 Å².